The van der Waals surface area contributed by atoms with E-state index in [-0.39, 0.29) is 6.04 Å². The molecule has 0 saturated carbocycles. The monoisotopic (exact) mass is 274 g/mol. The van der Waals surface area contributed by atoms with Crippen molar-refractivity contribution < 1.29 is 4.74 Å². The van der Waals surface area contributed by atoms with E-state index >= 15 is 0 Å². The van der Waals surface area contributed by atoms with Crippen molar-refractivity contribution in [2.75, 3.05) is 26.7 Å². The summed E-state index contributed by atoms with van der Waals surface area (Å²) in [6.07, 6.45) is 2.66. The van der Waals surface area contributed by atoms with Crippen LogP contribution in [0.4, 0.5) is 0 Å². The van der Waals surface area contributed by atoms with Crippen molar-refractivity contribution in [3.63, 3.8) is 0 Å². The van der Waals surface area contributed by atoms with Crippen LogP contribution in [0.5, 0.6) is 0 Å². The van der Waals surface area contributed by atoms with Crippen LogP contribution in [0.3, 0.4) is 0 Å². The zero-order valence-corrected chi connectivity index (χ0v) is 11.6. The zero-order valence-electron chi connectivity index (χ0n) is 10.1. The van der Waals surface area contributed by atoms with E-state index in [0.717, 1.165) is 24.5 Å². The molecule has 0 spiro atoms. The fourth-order valence-electron chi connectivity index (χ4n) is 2.39. The topological polar surface area (TPSA) is 38.5 Å². The van der Waals surface area contributed by atoms with E-state index in [2.05, 4.69) is 4.90 Å². The average molecular weight is 275 g/mol. The highest BCUT2D eigenvalue weighted by atomic mass is 35.5. The lowest BCUT2D eigenvalue weighted by atomic mass is 10.0. The smallest absolute Gasteiger partial charge is 0.0698 e. The predicted molar refractivity (Wildman–Crippen MR) is 72.7 cm³/mol. The van der Waals surface area contributed by atoms with Gasteiger partial charge in [-0.2, -0.15) is 0 Å². The summed E-state index contributed by atoms with van der Waals surface area (Å²) in [5, 5.41) is 2.78. The molecule has 1 aliphatic heterocycles. The van der Waals surface area contributed by atoms with E-state index in [4.69, 9.17) is 22.1 Å². The standard InChI is InChI=1S/C12H19ClN2OS/c1-16-10-3-2-4-15(7-10)11(6-14)12-5-9(13)8-17-12/h5,8,10-11H,2-4,6-7,14H2,1H3. The van der Waals surface area contributed by atoms with Gasteiger partial charge in [0, 0.05) is 30.5 Å². The summed E-state index contributed by atoms with van der Waals surface area (Å²) in [7, 11) is 1.79. The van der Waals surface area contributed by atoms with Gasteiger partial charge < -0.3 is 10.5 Å². The third-order valence-electron chi connectivity index (χ3n) is 3.32. The van der Waals surface area contributed by atoms with E-state index in [1.54, 1.807) is 18.4 Å². The highest BCUT2D eigenvalue weighted by molar-refractivity contribution is 7.10. The fourth-order valence-corrected chi connectivity index (χ4v) is 3.62. The second kappa shape index (κ2) is 6.16. The molecule has 1 aliphatic rings. The Morgan fingerprint density at radius 2 is 2.53 bits per heavy atom. The van der Waals surface area contributed by atoms with Crippen molar-refractivity contribution >= 4 is 22.9 Å². The molecule has 2 atom stereocenters. The number of thiophene rings is 1. The molecule has 5 heteroatoms. The lowest BCUT2D eigenvalue weighted by Gasteiger charge is -2.36. The van der Waals surface area contributed by atoms with E-state index < -0.39 is 0 Å². The van der Waals surface area contributed by atoms with Gasteiger partial charge in [0.2, 0.25) is 0 Å². The summed E-state index contributed by atoms with van der Waals surface area (Å²) >= 11 is 7.67. The molecule has 1 aromatic heterocycles. The van der Waals surface area contributed by atoms with Gasteiger partial charge in [-0.15, -0.1) is 11.3 Å². The van der Waals surface area contributed by atoms with Gasteiger partial charge >= 0.3 is 0 Å². The van der Waals surface area contributed by atoms with Gasteiger partial charge in [-0.05, 0) is 25.5 Å². The van der Waals surface area contributed by atoms with Crippen LogP contribution in [0.1, 0.15) is 23.8 Å². The molecule has 2 N–H and O–H groups in total. The van der Waals surface area contributed by atoms with Crippen LogP contribution in [0, 0.1) is 0 Å². The van der Waals surface area contributed by atoms with Gasteiger partial charge in [0.1, 0.15) is 0 Å². The van der Waals surface area contributed by atoms with Crippen molar-refractivity contribution in [1.82, 2.24) is 4.90 Å². The molecule has 96 valence electrons. The molecular weight excluding hydrogens is 256 g/mol. The molecule has 0 amide bonds. The third-order valence-corrected chi connectivity index (χ3v) is 4.70. The molecule has 2 unspecified atom stereocenters. The van der Waals surface area contributed by atoms with E-state index in [1.807, 2.05) is 11.4 Å². The molecule has 17 heavy (non-hydrogen) atoms. The first-order valence-corrected chi connectivity index (χ1v) is 7.21. The number of piperidine rings is 1. The van der Waals surface area contributed by atoms with Gasteiger partial charge in [-0.3, -0.25) is 4.90 Å². The summed E-state index contributed by atoms with van der Waals surface area (Å²) in [4.78, 5) is 3.68. The average Bonchev–Trinajstić information content (AvgIpc) is 2.77. The number of ether oxygens (including phenoxy) is 1. The number of rotatable bonds is 4. The second-order valence-corrected chi connectivity index (χ2v) is 5.79. The van der Waals surface area contributed by atoms with Crippen molar-refractivity contribution in [3.8, 4) is 0 Å². The first-order valence-electron chi connectivity index (χ1n) is 5.95. The molecule has 3 nitrogen and oxygen atoms in total. The minimum Gasteiger partial charge on any atom is -0.380 e. The SMILES string of the molecule is COC1CCCN(C(CN)c2cc(Cl)cs2)C1. The number of nitrogens with zero attached hydrogens (tertiary/aromatic N) is 1. The van der Waals surface area contributed by atoms with Crippen LogP contribution in [0.15, 0.2) is 11.4 Å². The number of likely N-dealkylation sites (tertiary alicyclic amines) is 1. The lowest BCUT2D eigenvalue weighted by molar-refractivity contribution is 0.0161. The molecule has 1 fully saturated rings. The summed E-state index contributed by atoms with van der Waals surface area (Å²) in [5.41, 5.74) is 5.91. The van der Waals surface area contributed by atoms with Gasteiger partial charge in [0.15, 0.2) is 0 Å². The molecule has 1 saturated heterocycles. The maximum absolute atomic E-state index is 5.98. The summed E-state index contributed by atoms with van der Waals surface area (Å²) in [6, 6.07) is 2.31. The van der Waals surface area contributed by atoms with Crippen LogP contribution in [0.25, 0.3) is 0 Å². The highest BCUT2D eigenvalue weighted by Crippen LogP contribution is 2.30. The van der Waals surface area contributed by atoms with Crippen LogP contribution >= 0.6 is 22.9 Å². The molecule has 0 bridgehead atoms. The summed E-state index contributed by atoms with van der Waals surface area (Å²) in [5.74, 6) is 0. The van der Waals surface area contributed by atoms with E-state index in [9.17, 15) is 0 Å². The van der Waals surface area contributed by atoms with Crippen LogP contribution in [-0.2, 0) is 4.74 Å². The molecule has 1 aromatic rings. The Balaban J connectivity index is 2.07. The molecule has 0 aromatic carbocycles. The number of halogens is 1. The predicted octanol–water partition coefficient (Wildman–Crippen LogP) is 2.51. The Kier molecular flexibility index (Phi) is 4.82. The number of methoxy groups -OCH3 is 1. The fraction of sp³-hybridized carbons (Fsp3) is 0.667. The van der Waals surface area contributed by atoms with Crippen LogP contribution in [-0.4, -0.2) is 37.7 Å². The molecule has 2 heterocycles. The van der Waals surface area contributed by atoms with Gasteiger partial charge in [-0.25, -0.2) is 0 Å². The van der Waals surface area contributed by atoms with E-state index in [1.165, 1.54) is 11.3 Å². The summed E-state index contributed by atoms with van der Waals surface area (Å²) in [6.45, 7) is 2.69. The zero-order chi connectivity index (χ0) is 12.3. The van der Waals surface area contributed by atoms with Crippen LogP contribution < -0.4 is 5.73 Å². The lowest BCUT2D eigenvalue weighted by Crippen LogP contribution is -2.43. The maximum Gasteiger partial charge on any atom is 0.0698 e. The van der Waals surface area contributed by atoms with E-state index in [0.29, 0.717) is 12.6 Å². The normalized spacial score (nSPS) is 23.8. The Bertz CT molecular complexity index is 358. The van der Waals surface area contributed by atoms with Crippen molar-refractivity contribution in [1.29, 1.82) is 0 Å². The van der Waals surface area contributed by atoms with Crippen molar-refractivity contribution in [3.05, 3.63) is 21.3 Å². The Morgan fingerprint density at radius 1 is 1.71 bits per heavy atom. The Hall–Kier alpha value is -0.130. The molecule has 2 rings (SSSR count). The van der Waals surface area contributed by atoms with Crippen molar-refractivity contribution in [2.24, 2.45) is 5.73 Å². The van der Waals surface area contributed by atoms with Gasteiger partial charge in [0.05, 0.1) is 17.2 Å². The minimum absolute atomic E-state index is 0.283. The molecular formula is C12H19ClN2OS. The first kappa shape index (κ1) is 13.3. The van der Waals surface area contributed by atoms with Gasteiger partial charge in [-0.1, -0.05) is 11.6 Å². The maximum atomic E-state index is 5.98. The minimum atomic E-state index is 0.283. The largest absolute Gasteiger partial charge is 0.380 e. The quantitative estimate of drug-likeness (QED) is 0.917. The van der Waals surface area contributed by atoms with Gasteiger partial charge in [0.25, 0.3) is 0 Å². The van der Waals surface area contributed by atoms with Crippen molar-refractivity contribution in [2.45, 2.75) is 25.0 Å². The highest BCUT2D eigenvalue weighted by Gasteiger charge is 2.26. The first-order chi connectivity index (χ1) is 8.24. The molecule has 0 aliphatic carbocycles. The summed E-state index contributed by atoms with van der Waals surface area (Å²) < 4.78 is 5.45. The Morgan fingerprint density at radius 3 is 3.12 bits per heavy atom. The third kappa shape index (κ3) is 3.20. The van der Waals surface area contributed by atoms with Crippen LogP contribution in [0.2, 0.25) is 5.02 Å². The Labute approximate surface area is 112 Å². The number of hydrogen-bond donors (Lipinski definition) is 1. The number of nitrogens with two attached hydrogens (primary N) is 1. The number of hydrogen-bond acceptors (Lipinski definition) is 4. The molecule has 0 radical (unpaired) electrons. The second-order valence-electron chi connectivity index (χ2n) is 4.41.